The first kappa shape index (κ1) is 7.18. The molecule has 0 aromatic heterocycles. The van der Waals surface area contributed by atoms with Crippen LogP contribution in [0.25, 0.3) is 0 Å². The lowest BCUT2D eigenvalue weighted by Crippen LogP contribution is -2.12. The van der Waals surface area contributed by atoms with Crippen LogP contribution in [0.5, 0.6) is 0 Å². The second-order valence-electron chi connectivity index (χ2n) is 1.91. The van der Waals surface area contributed by atoms with Crippen molar-refractivity contribution >= 4 is 10.2 Å². The van der Waals surface area contributed by atoms with Crippen LogP contribution >= 0.6 is 0 Å². The van der Waals surface area contributed by atoms with Gasteiger partial charge < -0.3 is 4.90 Å². The van der Waals surface area contributed by atoms with Gasteiger partial charge in [-0.2, -0.15) is 0 Å². The third-order valence-corrected chi connectivity index (χ3v) is 1.14. The summed E-state index contributed by atoms with van der Waals surface area (Å²) in [6, 6.07) is 1.11. The van der Waals surface area contributed by atoms with Crippen molar-refractivity contribution in [3.8, 4) is 0 Å². The Morgan fingerprint density at radius 1 is 1.43 bits per heavy atom. The van der Waals surface area contributed by atoms with E-state index in [4.69, 9.17) is 0 Å². The lowest BCUT2D eigenvalue weighted by molar-refractivity contribution is 0.408. The van der Waals surface area contributed by atoms with Crippen LogP contribution in [-0.4, -0.2) is 35.8 Å². The molecule has 0 aromatic rings. The van der Waals surface area contributed by atoms with E-state index in [9.17, 15) is 0 Å². The van der Waals surface area contributed by atoms with E-state index in [1.54, 1.807) is 0 Å². The molecule has 0 aromatic carbocycles. The summed E-state index contributed by atoms with van der Waals surface area (Å²) in [6.45, 7) is 1.18. The molecule has 0 atom stereocenters. The molecular weight excluding hydrogens is 102 g/mol. The highest BCUT2D eigenvalue weighted by molar-refractivity contribution is 6.08. The van der Waals surface area contributed by atoms with Gasteiger partial charge in [-0.15, -0.1) is 0 Å². The van der Waals surface area contributed by atoms with Crippen molar-refractivity contribution in [2.45, 2.75) is 12.5 Å². The number of nitrogens with zero attached hydrogens (tertiary/aromatic N) is 1. The van der Waals surface area contributed by atoms with Gasteiger partial charge in [-0.1, -0.05) is 6.04 Å². The summed E-state index contributed by atoms with van der Waals surface area (Å²) in [5.41, 5.74) is 0. The van der Waals surface area contributed by atoms with Gasteiger partial charge in [0.15, 0.2) is 0 Å². The predicted octanol–water partition coefficient (Wildman–Crippen LogP) is 0.525. The van der Waals surface area contributed by atoms with Gasteiger partial charge >= 0.3 is 0 Å². The Hall–Kier alpha value is 0.177. The first-order valence-corrected chi connectivity index (χ1v) is 3.27. The Bertz CT molecular complexity index is 37.1. The van der Waals surface area contributed by atoms with Crippen LogP contribution in [0.4, 0.5) is 0 Å². The summed E-state index contributed by atoms with van der Waals surface area (Å²) in [5.74, 6) is 0. The van der Waals surface area contributed by atoms with Gasteiger partial charge in [-0.05, 0) is 27.1 Å². The molecule has 1 nitrogen and oxygen atoms in total. The van der Waals surface area contributed by atoms with Crippen molar-refractivity contribution in [1.29, 1.82) is 0 Å². The molecule has 0 spiro atoms. The van der Waals surface area contributed by atoms with Crippen LogP contribution in [0.3, 0.4) is 0 Å². The minimum atomic E-state index is 1.11. The zero-order chi connectivity index (χ0) is 5.70. The molecule has 0 saturated heterocycles. The van der Waals surface area contributed by atoms with E-state index in [0.717, 1.165) is 6.04 Å². The van der Waals surface area contributed by atoms with Crippen LogP contribution in [0, 0.1) is 0 Å². The quantitative estimate of drug-likeness (QED) is 0.484. The summed E-state index contributed by atoms with van der Waals surface area (Å²) in [6.07, 6.45) is 1.24. The molecule has 0 amide bonds. The normalized spacial score (nSPS) is 10.3. The molecule has 2 heteroatoms. The average Bonchev–Trinajstić information content (AvgIpc) is 1.61. The van der Waals surface area contributed by atoms with E-state index in [1.165, 1.54) is 13.0 Å². The highest BCUT2D eigenvalue weighted by Crippen LogP contribution is 1.84. The summed E-state index contributed by atoms with van der Waals surface area (Å²) in [5, 5.41) is 0. The highest BCUT2D eigenvalue weighted by Gasteiger charge is 1.83. The molecular formula is C5H12NSi. The van der Waals surface area contributed by atoms with E-state index < -0.39 is 0 Å². The lowest BCUT2D eigenvalue weighted by Gasteiger charge is -2.05. The van der Waals surface area contributed by atoms with Gasteiger partial charge in [0.05, 0.1) is 0 Å². The molecule has 7 heavy (non-hydrogen) atoms. The third kappa shape index (κ3) is 6.18. The van der Waals surface area contributed by atoms with Gasteiger partial charge in [-0.3, -0.25) is 0 Å². The first-order valence-electron chi connectivity index (χ1n) is 2.56. The summed E-state index contributed by atoms with van der Waals surface area (Å²) < 4.78 is 0. The van der Waals surface area contributed by atoms with E-state index in [1.807, 2.05) is 0 Å². The minimum absolute atomic E-state index is 1.11. The molecule has 3 radical (unpaired) electrons. The smallest absolute Gasteiger partial charge is 0.0222 e. The Morgan fingerprint density at radius 3 is 2.14 bits per heavy atom. The fourth-order valence-corrected chi connectivity index (χ4v) is 0.553. The molecule has 0 fully saturated rings. The fraction of sp³-hybridized carbons (Fsp3) is 1.00. The monoisotopic (exact) mass is 114 g/mol. The maximum Gasteiger partial charge on any atom is 0.0222 e. The number of hydrogen-bond donors (Lipinski definition) is 0. The molecule has 41 valence electrons. The molecule has 0 aliphatic carbocycles. The van der Waals surface area contributed by atoms with Crippen LogP contribution in [-0.2, 0) is 0 Å². The van der Waals surface area contributed by atoms with Crippen LogP contribution < -0.4 is 0 Å². The third-order valence-electron chi connectivity index (χ3n) is 0.782. The van der Waals surface area contributed by atoms with Crippen molar-refractivity contribution in [2.24, 2.45) is 0 Å². The Morgan fingerprint density at radius 2 is 2.00 bits per heavy atom. The molecule has 0 bridgehead atoms. The SMILES string of the molecule is CN(C)CCC[Si]. The largest absolute Gasteiger partial charge is 0.309 e. The van der Waals surface area contributed by atoms with E-state index >= 15 is 0 Å². The standard InChI is InChI=1S/C5H12NSi/c1-6(2)4-3-5-7/h3-5H2,1-2H3. The molecule has 0 heterocycles. The van der Waals surface area contributed by atoms with Crippen molar-refractivity contribution in [3.63, 3.8) is 0 Å². The van der Waals surface area contributed by atoms with Crippen molar-refractivity contribution in [1.82, 2.24) is 4.90 Å². The second-order valence-corrected chi connectivity index (χ2v) is 2.41. The molecule has 0 aliphatic rings. The predicted molar refractivity (Wildman–Crippen MR) is 33.7 cm³/mol. The van der Waals surface area contributed by atoms with Gasteiger partial charge in [0, 0.05) is 10.2 Å². The number of hydrogen-bond acceptors (Lipinski definition) is 1. The average molecular weight is 114 g/mol. The molecule has 0 saturated carbocycles. The second kappa shape index (κ2) is 4.34. The van der Waals surface area contributed by atoms with Crippen molar-refractivity contribution in [3.05, 3.63) is 0 Å². The zero-order valence-corrected chi connectivity index (χ0v) is 6.07. The minimum Gasteiger partial charge on any atom is -0.309 e. The van der Waals surface area contributed by atoms with Gasteiger partial charge in [0.1, 0.15) is 0 Å². The van der Waals surface area contributed by atoms with E-state index in [-0.39, 0.29) is 0 Å². The van der Waals surface area contributed by atoms with Crippen LogP contribution in [0.15, 0.2) is 0 Å². The Labute approximate surface area is 49.1 Å². The number of rotatable bonds is 3. The molecule has 0 aliphatic heterocycles. The Kier molecular flexibility index (Phi) is 4.45. The highest BCUT2D eigenvalue weighted by atomic mass is 28.1. The summed E-state index contributed by atoms with van der Waals surface area (Å²) in [4.78, 5) is 2.18. The van der Waals surface area contributed by atoms with Gasteiger partial charge in [0.25, 0.3) is 0 Å². The lowest BCUT2D eigenvalue weighted by atomic mass is 10.5. The summed E-state index contributed by atoms with van der Waals surface area (Å²) in [7, 11) is 7.56. The van der Waals surface area contributed by atoms with Crippen LogP contribution in [0.1, 0.15) is 6.42 Å². The maximum atomic E-state index is 3.39. The molecule has 0 unspecified atom stereocenters. The first-order chi connectivity index (χ1) is 3.27. The van der Waals surface area contributed by atoms with Crippen molar-refractivity contribution < 1.29 is 0 Å². The fourth-order valence-electron chi connectivity index (χ4n) is 0.395. The van der Waals surface area contributed by atoms with Gasteiger partial charge in [0.2, 0.25) is 0 Å². The van der Waals surface area contributed by atoms with Gasteiger partial charge in [-0.25, -0.2) is 0 Å². The van der Waals surface area contributed by atoms with E-state index in [0.29, 0.717) is 0 Å². The topological polar surface area (TPSA) is 3.24 Å². The molecule has 0 N–H and O–H groups in total. The zero-order valence-electron chi connectivity index (χ0n) is 5.07. The summed E-state index contributed by atoms with van der Waals surface area (Å²) >= 11 is 0. The molecule has 0 rings (SSSR count). The maximum absolute atomic E-state index is 3.39. The Balaban J connectivity index is 2.68. The van der Waals surface area contributed by atoms with E-state index in [2.05, 4.69) is 29.2 Å². The van der Waals surface area contributed by atoms with Crippen molar-refractivity contribution in [2.75, 3.05) is 20.6 Å². The van der Waals surface area contributed by atoms with Crippen LogP contribution in [0.2, 0.25) is 6.04 Å².